The molecule has 0 aromatic carbocycles. The highest BCUT2D eigenvalue weighted by Gasteiger charge is 2.13. The maximum Gasteiger partial charge on any atom is 0.314 e. The number of carbonyl (C=O) groups is 2. The van der Waals surface area contributed by atoms with Crippen LogP contribution in [-0.4, -0.2) is 23.3 Å². The normalized spacial score (nSPS) is 7.70. The van der Waals surface area contributed by atoms with Gasteiger partial charge in [-0.3, -0.25) is 9.59 Å². The van der Waals surface area contributed by atoms with E-state index in [9.17, 15) is 9.59 Å². The first kappa shape index (κ1) is 9.11. The van der Waals surface area contributed by atoms with E-state index < -0.39 is 11.8 Å². The standard InChI is InChI=1S/C5H6BNO2S/c1-3-5(9)7(6-10)4(2)8/h1,6,10H,2H3. The van der Waals surface area contributed by atoms with E-state index in [0.717, 1.165) is 4.81 Å². The molecule has 0 unspecified atom stereocenters. The summed E-state index contributed by atoms with van der Waals surface area (Å²) in [6.45, 7) is 1.28. The number of rotatable bonds is 1. The molecule has 2 amide bonds. The molecule has 0 atom stereocenters. The maximum absolute atomic E-state index is 10.6. The lowest BCUT2D eigenvalue weighted by atomic mass is 10.2. The zero-order valence-electron chi connectivity index (χ0n) is 5.50. The van der Waals surface area contributed by atoms with Gasteiger partial charge in [0.25, 0.3) is 5.91 Å². The van der Waals surface area contributed by atoms with Gasteiger partial charge >= 0.3 is 6.69 Å². The minimum atomic E-state index is -0.650. The molecule has 0 aromatic heterocycles. The first-order valence-electron chi connectivity index (χ1n) is 2.53. The fourth-order valence-corrected chi connectivity index (χ4v) is 0.712. The average molecular weight is 155 g/mol. The van der Waals surface area contributed by atoms with Gasteiger partial charge in [0.05, 0.1) is 0 Å². The Balaban J connectivity index is 4.25. The van der Waals surface area contributed by atoms with Crippen molar-refractivity contribution in [1.82, 2.24) is 4.81 Å². The molecule has 0 bridgehead atoms. The molecule has 0 spiro atoms. The van der Waals surface area contributed by atoms with Crippen molar-refractivity contribution in [2.75, 3.05) is 0 Å². The number of terminal acetylenes is 1. The maximum atomic E-state index is 10.6. The SMILES string of the molecule is C#CC(=O)N(BS)C(C)=O. The summed E-state index contributed by atoms with van der Waals surface area (Å²) < 4.78 is 0. The lowest BCUT2D eigenvalue weighted by Crippen LogP contribution is -2.35. The van der Waals surface area contributed by atoms with Crippen LogP contribution < -0.4 is 0 Å². The number of amides is 2. The summed E-state index contributed by atoms with van der Waals surface area (Å²) in [5.74, 6) is 0.773. The van der Waals surface area contributed by atoms with Gasteiger partial charge in [0, 0.05) is 6.92 Å². The van der Waals surface area contributed by atoms with Crippen LogP contribution in [0, 0.1) is 12.3 Å². The molecular weight excluding hydrogens is 149 g/mol. The summed E-state index contributed by atoms with van der Waals surface area (Å²) in [7, 11) is 0. The summed E-state index contributed by atoms with van der Waals surface area (Å²) in [6, 6.07) is 0. The fourth-order valence-electron chi connectivity index (χ4n) is 0.385. The second kappa shape index (κ2) is 4.02. The summed E-state index contributed by atoms with van der Waals surface area (Å²) in [5.41, 5.74) is 0. The highest BCUT2D eigenvalue weighted by molar-refractivity contribution is 8.06. The van der Waals surface area contributed by atoms with Gasteiger partial charge in [-0.25, -0.2) is 12.5 Å². The lowest BCUT2D eigenvalue weighted by Gasteiger charge is -2.10. The van der Waals surface area contributed by atoms with E-state index in [1.165, 1.54) is 6.92 Å². The van der Waals surface area contributed by atoms with Crippen molar-refractivity contribution >= 4 is 31.0 Å². The van der Waals surface area contributed by atoms with Gasteiger partial charge in [-0.05, 0) is 5.92 Å². The number of hydrogen-bond donors (Lipinski definition) is 1. The predicted molar refractivity (Wildman–Crippen MR) is 42.5 cm³/mol. The Bertz CT molecular complexity index is 198. The van der Waals surface area contributed by atoms with Crippen LogP contribution in [0.25, 0.3) is 0 Å². The molecule has 0 rings (SSSR count). The molecule has 0 aliphatic carbocycles. The van der Waals surface area contributed by atoms with E-state index >= 15 is 0 Å². The van der Waals surface area contributed by atoms with Gasteiger partial charge in [-0.15, -0.1) is 6.42 Å². The average Bonchev–Trinajstić information content (AvgIpc) is 1.88. The largest absolute Gasteiger partial charge is 0.314 e. The van der Waals surface area contributed by atoms with Gasteiger partial charge in [0.2, 0.25) is 5.91 Å². The zero-order valence-corrected chi connectivity index (χ0v) is 6.39. The van der Waals surface area contributed by atoms with Crippen LogP contribution in [-0.2, 0) is 9.59 Å². The molecule has 0 aliphatic heterocycles. The molecule has 0 aliphatic rings. The highest BCUT2D eigenvalue weighted by Crippen LogP contribution is 1.88. The molecule has 52 valence electrons. The quantitative estimate of drug-likeness (QED) is 0.305. The van der Waals surface area contributed by atoms with Crippen LogP contribution in [0.5, 0.6) is 0 Å². The fraction of sp³-hybridized carbons (Fsp3) is 0.200. The lowest BCUT2D eigenvalue weighted by molar-refractivity contribution is -0.134. The summed E-state index contributed by atoms with van der Waals surface area (Å²) in [5, 5.41) is 0. The second-order valence-electron chi connectivity index (χ2n) is 1.54. The van der Waals surface area contributed by atoms with Crippen LogP contribution in [0.15, 0.2) is 0 Å². The number of carbonyl (C=O) groups excluding carboxylic acids is 2. The highest BCUT2D eigenvalue weighted by atomic mass is 32.1. The van der Waals surface area contributed by atoms with Gasteiger partial charge in [0.15, 0.2) is 0 Å². The first-order chi connectivity index (χ1) is 4.63. The van der Waals surface area contributed by atoms with Crippen molar-refractivity contribution < 1.29 is 9.59 Å². The molecule has 0 N–H and O–H groups in total. The van der Waals surface area contributed by atoms with Crippen LogP contribution in [0.1, 0.15) is 6.92 Å². The van der Waals surface area contributed by atoms with E-state index in [4.69, 9.17) is 6.42 Å². The smallest absolute Gasteiger partial charge is 0.311 e. The second-order valence-corrected chi connectivity index (χ2v) is 1.82. The summed E-state index contributed by atoms with van der Waals surface area (Å²) >= 11 is 3.74. The first-order valence-corrected chi connectivity index (χ1v) is 3.16. The van der Waals surface area contributed by atoms with E-state index in [1.54, 1.807) is 0 Å². The van der Waals surface area contributed by atoms with Crippen molar-refractivity contribution in [3.63, 3.8) is 0 Å². The number of hydrogen-bond acceptors (Lipinski definition) is 3. The predicted octanol–water partition coefficient (Wildman–Crippen LogP) is -0.809. The van der Waals surface area contributed by atoms with E-state index in [1.807, 2.05) is 5.92 Å². The molecule has 3 nitrogen and oxygen atoms in total. The Morgan fingerprint density at radius 2 is 2.20 bits per heavy atom. The minimum absolute atomic E-state index is 0.0262. The topological polar surface area (TPSA) is 37.4 Å². The molecule has 0 radical (unpaired) electrons. The third-order valence-corrected chi connectivity index (χ3v) is 1.17. The number of thiol groups is 1. The van der Waals surface area contributed by atoms with Crippen molar-refractivity contribution in [2.24, 2.45) is 0 Å². The van der Waals surface area contributed by atoms with Crippen LogP contribution in [0.3, 0.4) is 0 Å². The molecule has 0 fully saturated rings. The Morgan fingerprint density at radius 3 is 2.30 bits per heavy atom. The summed E-state index contributed by atoms with van der Waals surface area (Å²) in [6.07, 6.45) is 4.76. The van der Waals surface area contributed by atoms with E-state index in [0.29, 0.717) is 0 Å². The minimum Gasteiger partial charge on any atom is -0.311 e. The third-order valence-electron chi connectivity index (χ3n) is 0.890. The Hall–Kier alpha value is -0.885. The van der Waals surface area contributed by atoms with Crippen molar-refractivity contribution in [2.45, 2.75) is 6.92 Å². The summed E-state index contributed by atoms with van der Waals surface area (Å²) in [4.78, 5) is 22.0. The number of imide groups is 1. The molecule has 0 aromatic rings. The molecule has 5 heteroatoms. The van der Waals surface area contributed by atoms with Crippen molar-refractivity contribution in [1.29, 1.82) is 0 Å². The Kier molecular flexibility index (Phi) is 3.66. The zero-order chi connectivity index (χ0) is 8.15. The monoisotopic (exact) mass is 155 g/mol. The van der Waals surface area contributed by atoms with Gasteiger partial charge < -0.3 is 4.81 Å². The van der Waals surface area contributed by atoms with Crippen LogP contribution in [0.2, 0.25) is 0 Å². The van der Waals surface area contributed by atoms with Crippen molar-refractivity contribution in [3.05, 3.63) is 0 Å². The van der Waals surface area contributed by atoms with Gasteiger partial charge in [0.1, 0.15) is 0 Å². The Labute approximate surface area is 65.3 Å². The number of nitrogens with zero attached hydrogens (tertiary/aromatic N) is 1. The van der Waals surface area contributed by atoms with Gasteiger partial charge in [-0.1, -0.05) is 0 Å². The van der Waals surface area contributed by atoms with Crippen LogP contribution >= 0.6 is 12.5 Å². The van der Waals surface area contributed by atoms with Gasteiger partial charge in [-0.2, -0.15) is 0 Å². The third kappa shape index (κ3) is 2.15. The van der Waals surface area contributed by atoms with E-state index in [2.05, 4.69) is 12.5 Å². The van der Waals surface area contributed by atoms with E-state index in [-0.39, 0.29) is 6.69 Å². The van der Waals surface area contributed by atoms with Crippen molar-refractivity contribution in [3.8, 4) is 12.3 Å². The Morgan fingerprint density at radius 1 is 1.70 bits per heavy atom. The molecule has 0 heterocycles. The molecular formula is C5H6BNO2S. The van der Waals surface area contributed by atoms with Crippen LogP contribution in [0.4, 0.5) is 0 Å². The molecule has 0 saturated carbocycles. The molecule has 10 heavy (non-hydrogen) atoms. The molecule has 0 saturated heterocycles.